The van der Waals surface area contributed by atoms with Crippen LogP contribution in [0.3, 0.4) is 0 Å². The van der Waals surface area contributed by atoms with Gasteiger partial charge < -0.3 is 4.90 Å². The first-order valence-electron chi connectivity index (χ1n) is 6.10. The molecule has 0 bridgehead atoms. The lowest BCUT2D eigenvalue weighted by atomic mass is 10.1. The van der Waals surface area contributed by atoms with Gasteiger partial charge in [-0.1, -0.05) is 44.4 Å². The topological polar surface area (TPSA) is 20.3 Å². The Labute approximate surface area is 106 Å². The Morgan fingerprint density at radius 1 is 1.35 bits per heavy atom. The fraction of sp³-hybridized carbons (Fsp3) is 0.500. The van der Waals surface area contributed by atoms with Crippen molar-refractivity contribution in [2.45, 2.75) is 32.6 Å². The molecule has 1 aliphatic heterocycles. The molecule has 0 fully saturated rings. The molecule has 1 amide bonds. The first kappa shape index (κ1) is 14.0. The summed E-state index contributed by atoms with van der Waals surface area (Å²) in [6.07, 6.45) is 6.31. The number of nitrogens with zero attached hydrogens (tertiary/aromatic N) is 1. The van der Waals surface area contributed by atoms with Gasteiger partial charge in [0.25, 0.3) is 0 Å². The van der Waals surface area contributed by atoms with Gasteiger partial charge in [0.2, 0.25) is 5.91 Å². The minimum atomic E-state index is -1.02. The van der Waals surface area contributed by atoms with E-state index in [4.69, 9.17) is 0 Å². The SMILES string of the molecule is C=CC1=C(/C=C/C[Si](C)(C)C)CN(C(C)=O)C1. The second-order valence-electron chi connectivity index (χ2n) is 5.80. The predicted octanol–water partition coefficient (Wildman–Crippen LogP) is 3.23. The maximum absolute atomic E-state index is 11.3. The summed E-state index contributed by atoms with van der Waals surface area (Å²) in [5.74, 6) is 0.137. The Balaban J connectivity index is 2.69. The van der Waals surface area contributed by atoms with E-state index in [0.717, 1.165) is 6.54 Å². The van der Waals surface area contributed by atoms with E-state index >= 15 is 0 Å². The van der Waals surface area contributed by atoms with Crippen LogP contribution in [0.5, 0.6) is 0 Å². The van der Waals surface area contributed by atoms with Crippen LogP contribution in [-0.2, 0) is 4.79 Å². The van der Waals surface area contributed by atoms with Crippen LogP contribution in [0.25, 0.3) is 0 Å². The molecule has 0 saturated heterocycles. The molecule has 0 unspecified atom stereocenters. The molecule has 0 N–H and O–H groups in total. The fourth-order valence-electron chi connectivity index (χ4n) is 1.80. The Morgan fingerprint density at radius 2 is 1.94 bits per heavy atom. The predicted molar refractivity (Wildman–Crippen MR) is 76.8 cm³/mol. The van der Waals surface area contributed by atoms with Crippen molar-refractivity contribution in [2.75, 3.05) is 13.1 Å². The molecular formula is C14H23NOSi. The highest BCUT2D eigenvalue weighted by molar-refractivity contribution is 6.76. The second kappa shape index (κ2) is 5.49. The van der Waals surface area contributed by atoms with Crippen molar-refractivity contribution in [1.29, 1.82) is 0 Å². The van der Waals surface area contributed by atoms with E-state index in [2.05, 4.69) is 38.4 Å². The van der Waals surface area contributed by atoms with Gasteiger partial charge in [0, 0.05) is 28.1 Å². The van der Waals surface area contributed by atoms with Crippen molar-refractivity contribution in [3.63, 3.8) is 0 Å². The highest BCUT2D eigenvalue weighted by atomic mass is 28.3. The quantitative estimate of drug-likeness (QED) is 0.701. The number of hydrogen-bond donors (Lipinski definition) is 0. The lowest BCUT2D eigenvalue weighted by molar-refractivity contribution is -0.127. The number of allylic oxidation sites excluding steroid dienone is 1. The molecule has 0 aliphatic carbocycles. The smallest absolute Gasteiger partial charge is 0.220 e. The van der Waals surface area contributed by atoms with Gasteiger partial charge in [-0.25, -0.2) is 0 Å². The van der Waals surface area contributed by atoms with Crippen molar-refractivity contribution < 1.29 is 4.79 Å². The number of hydrogen-bond acceptors (Lipinski definition) is 1. The van der Waals surface area contributed by atoms with Gasteiger partial charge in [-0.2, -0.15) is 0 Å². The summed E-state index contributed by atoms with van der Waals surface area (Å²) in [5.41, 5.74) is 2.43. The Kier molecular flexibility index (Phi) is 4.51. The summed E-state index contributed by atoms with van der Waals surface area (Å²) in [5, 5.41) is 0. The van der Waals surface area contributed by atoms with Gasteiger partial charge in [-0.3, -0.25) is 4.79 Å². The van der Waals surface area contributed by atoms with E-state index in [1.54, 1.807) is 6.92 Å². The summed E-state index contributed by atoms with van der Waals surface area (Å²) in [6, 6.07) is 1.18. The average molecular weight is 249 g/mol. The molecule has 94 valence electrons. The van der Waals surface area contributed by atoms with Crippen LogP contribution in [-0.4, -0.2) is 32.0 Å². The third-order valence-corrected chi connectivity index (χ3v) is 4.34. The zero-order chi connectivity index (χ0) is 13.1. The Hall–Kier alpha value is -1.09. The standard InChI is InChI=1S/C14H23NOSi/c1-6-13-10-15(12(2)16)11-14(13)8-7-9-17(3,4)5/h6-8H,1,9-11H2,2-5H3/b8-7+. The van der Waals surface area contributed by atoms with Crippen LogP contribution >= 0.6 is 0 Å². The molecule has 0 spiro atoms. The number of amides is 1. The van der Waals surface area contributed by atoms with Gasteiger partial charge in [-0.05, 0) is 17.2 Å². The third-order valence-electron chi connectivity index (χ3n) is 2.88. The first-order chi connectivity index (χ1) is 7.83. The van der Waals surface area contributed by atoms with Crippen molar-refractivity contribution in [3.05, 3.63) is 36.0 Å². The lowest BCUT2D eigenvalue weighted by Gasteiger charge is -2.13. The van der Waals surface area contributed by atoms with Gasteiger partial charge >= 0.3 is 0 Å². The van der Waals surface area contributed by atoms with Crippen molar-refractivity contribution in [3.8, 4) is 0 Å². The summed E-state index contributed by atoms with van der Waals surface area (Å²) in [7, 11) is -1.02. The van der Waals surface area contributed by atoms with Crippen LogP contribution in [0, 0.1) is 0 Å². The lowest BCUT2D eigenvalue weighted by Crippen LogP contribution is -2.26. The zero-order valence-electron chi connectivity index (χ0n) is 11.4. The normalized spacial score (nSPS) is 17.1. The zero-order valence-corrected chi connectivity index (χ0v) is 12.4. The van der Waals surface area contributed by atoms with Crippen molar-refractivity contribution in [2.24, 2.45) is 0 Å². The van der Waals surface area contributed by atoms with Crippen molar-refractivity contribution in [1.82, 2.24) is 4.90 Å². The molecule has 0 aromatic rings. The van der Waals surface area contributed by atoms with Crippen LogP contribution in [0.4, 0.5) is 0 Å². The molecule has 1 rings (SSSR count). The minimum absolute atomic E-state index is 0.137. The summed E-state index contributed by atoms with van der Waals surface area (Å²) < 4.78 is 0. The maximum atomic E-state index is 11.3. The van der Waals surface area contributed by atoms with Crippen LogP contribution in [0.1, 0.15) is 6.92 Å². The molecule has 0 saturated carbocycles. The average Bonchev–Trinajstić information content (AvgIpc) is 2.59. The van der Waals surface area contributed by atoms with Crippen LogP contribution < -0.4 is 0 Å². The van der Waals surface area contributed by atoms with Crippen LogP contribution in [0.15, 0.2) is 36.0 Å². The van der Waals surface area contributed by atoms with Crippen molar-refractivity contribution >= 4 is 14.0 Å². The van der Waals surface area contributed by atoms with E-state index in [-0.39, 0.29) is 5.91 Å². The summed E-state index contributed by atoms with van der Waals surface area (Å²) >= 11 is 0. The Bertz CT molecular complexity index is 374. The molecule has 2 nitrogen and oxygen atoms in total. The molecule has 0 aromatic heterocycles. The molecule has 1 aliphatic rings. The van der Waals surface area contributed by atoms with Gasteiger partial charge in [0.05, 0.1) is 0 Å². The molecule has 17 heavy (non-hydrogen) atoms. The van der Waals surface area contributed by atoms with Gasteiger partial charge in [0.15, 0.2) is 0 Å². The van der Waals surface area contributed by atoms with Gasteiger partial charge in [-0.15, -0.1) is 0 Å². The number of rotatable bonds is 4. The molecule has 1 heterocycles. The Morgan fingerprint density at radius 3 is 2.41 bits per heavy atom. The van der Waals surface area contributed by atoms with E-state index in [0.29, 0.717) is 6.54 Å². The first-order valence-corrected chi connectivity index (χ1v) is 9.81. The summed E-state index contributed by atoms with van der Waals surface area (Å²) in [6.45, 7) is 14.0. The van der Waals surface area contributed by atoms with E-state index in [9.17, 15) is 4.79 Å². The van der Waals surface area contributed by atoms with E-state index in [1.165, 1.54) is 17.2 Å². The largest absolute Gasteiger partial charge is 0.334 e. The molecule has 0 aromatic carbocycles. The van der Waals surface area contributed by atoms with E-state index < -0.39 is 8.07 Å². The molecule has 0 radical (unpaired) electrons. The fourth-order valence-corrected chi connectivity index (χ4v) is 2.63. The number of carbonyl (C=O) groups is 1. The van der Waals surface area contributed by atoms with Gasteiger partial charge in [0.1, 0.15) is 0 Å². The molecular weight excluding hydrogens is 226 g/mol. The monoisotopic (exact) mass is 249 g/mol. The second-order valence-corrected chi connectivity index (χ2v) is 11.3. The molecule has 3 heteroatoms. The van der Waals surface area contributed by atoms with Crippen LogP contribution in [0.2, 0.25) is 25.7 Å². The maximum Gasteiger partial charge on any atom is 0.220 e. The third kappa shape index (κ3) is 4.34. The van der Waals surface area contributed by atoms with E-state index in [1.807, 2.05) is 11.0 Å². The minimum Gasteiger partial charge on any atom is -0.334 e. The number of carbonyl (C=O) groups excluding carboxylic acids is 1. The summed E-state index contributed by atoms with van der Waals surface area (Å²) in [4.78, 5) is 13.2. The highest BCUT2D eigenvalue weighted by Crippen LogP contribution is 2.20. The molecule has 0 atom stereocenters. The highest BCUT2D eigenvalue weighted by Gasteiger charge is 2.20.